The number of rotatable bonds is 6. The highest BCUT2D eigenvalue weighted by Crippen LogP contribution is 2.32. The summed E-state index contributed by atoms with van der Waals surface area (Å²) in [6.07, 6.45) is 7.47. The number of anilines is 1. The molecular formula is C17H26N6. The quantitative estimate of drug-likeness (QED) is 0.888. The molecule has 1 aliphatic heterocycles. The molecule has 1 aliphatic rings. The third kappa shape index (κ3) is 3.52. The van der Waals surface area contributed by atoms with Crippen molar-refractivity contribution in [1.29, 1.82) is 0 Å². The molecule has 1 N–H and O–H groups in total. The summed E-state index contributed by atoms with van der Waals surface area (Å²) in [5, 5.41) is 3.13. The number of imidazole rings is 1. The van der Waals surface area contributed by atoms with E-state index < -0.39 is 0 Å². The van der Waals surface area contributed by atoms with Gasteiger partial charge in [-0.2, -0.15) is 0 Å². The van der Waals surface area contributed by atoms with Crippen molar-refractivity contribution in [1.82, 2.24) is 24.4 Å². The van der Waals surface area contributed by atoms with Gasteiger partial charge in [0, 0.05) is 32.1 Å². The smallest absolute Gasteiger partial charge is 0.129 e. The molecule has 23 heavy (non-hydrogen) atoms. The Bertz CT molecular complexity index is 650. The van der Waals surface area contributed by atoms with Crippen LogP contribution >= 0.6 is 0 Å². The molecule has 0 aromatic carbocycles. The fraction of sp³-hybridized carbons (Fsp3) is 0.588. The molecular weight excluding hydrogens is 288 g/mol. The first-order valence-corrected chi connectivity index (χ1v) is 8.48. The molecule has 1 saturated heterocycles. The molecule has 2 aromatic rings. The second-order valence-corrected chi connectivity index (χ2v) is 6.14. The summed E-state index contributed by atoms with van der Waals surface area (Å²) in [4.78, 5) is 16.1. The summed E-state index contributed by atoms with van der Waals surface area (Å²) in [6, 6.07) is 2.43. The largest absolute Gasteiger partial charge is 0.373 e. The van der Waals surface area contributed by atoms with Crippen molar-refractivity contribution in [2.75, 3.05) is 18.9 Å². The van der Waals surface area contributed by atoms with Crippen LogP contribution in [0.25, 0.3) is 0 Å². The predicted molar refractivity (Wildman–Crippen MR) is 91.2 cm³/mol. The molecule has 0 aliphatic carbocycles. The minimum Gasteiger partial charge on any atom is -0.373 e. The van der Waals surface area contributed by atoms with Crippen LogP contribution in [0.3, 0.4) is 0 Å². The van der Waals surface area contributed by atoms with Gasteiger partial charge < -0.3 is 9.88 Å². The number of hydrogen-bond donors (Lipinski definition) is 1. The van der Waals surface area contributed by atoms with Crippen molar-refractivity contribution >= 4 is 5.82 Å². The van der Waals surface area contributed by atoms with Crippen LogP contribution in [0, 0.1) is 6.92 Å². The third-order valence-electron chi connectivity index (χ3n) is 4.43. The fourth-order valence-corrected chi connectivity index (χ4v) is 3.36. The summed E-state index contributed by atoms with van der Waals surface area (Å²) < 4.78 is 2.26. The van der Waals surface area contributed by atoms with Crippen molar-refractivity contribution in [3.05, 3.63) is 35.8 Å². The Morgan fingerprint density at radius 3 is 3.00 bits per heavy atom. The molecule has 6 nitrogen and oxygen atoms in total. The zero-order chi connectivity index (χ0) is 16.2. The Morgan fingerprint density at radius 2 is 2.22 bits per heavy atom. The molecule has 3 heterocycles. The molecule has 6 heteroatoms. The van der Waals surface area contributed by atoms with Crippen molar-refractivity contribution in [2.24, 2.45) is 0 Å². The van der Waals surface area contributed by atoms with Gasteiger partial charge in [-0.15, -0.1) is 0 Å². The van der Waals surface area contributed by atoms with E-state index in [4.69, 9.17) is 0 Å². The highest BCUT2D eigenvalue weighted by molar-refractivity contribution is 5.36. The minimum absolute atomic E-state index is 0.357. The van der Waals surface area contributed by atoms with Gasteiger partial charge in [0.15, 0.2) is 0 Å². The molecule has 2 aromatic heterocycles. The lowest BCUT2D eigenvalue weighted by Gasteiger charge is -2.24. The maximum absolute atomic E-state index is 4.68. The van der Waals surface area contributed by atoms with Gasteiger partial charge in [-0.05, 0) is 32.7 Å². The molecule has 1 fully saturated rings. The van der Waals surface area contributed by atoms with Crippen LogP contribution < -0.4 is 5.32 Å². The first-order chi connectivity index (χ1) is 11.2. The Kier molecular flexibility index (Phi) is 4.91. The zero-order valence-corrected chi connectivity index (χ0v) is 14.3. The van der Waals surface area contributed by atoms with Crippen LogP contribution in [-0.2, 0) is 13.1 Å². The normalized spacial score (nSPS) is 18.5. The van der Waals surface area contributed by atoms with Gasteiger partial charge in [0.05, 0.1) is 18.3 Å². The molecule has 3 rings (SSSR count). The lowest BCUT2D eigenvalue weighted by Crippen LogP contribution is -2.25. The van der Waals surface area contributed by atoms with Crippen molar-refractivity contribution < 1.29 is 0 Å². The van der Waals surface area contributed by atoms with Crippen LogP contribution in [0.15, 0.2) is 18.5 Å². The van der Waals surface area contributed by atoms with Gasteiger partial charge in [0.2, 0.25) is 0 Å². The van der Waals surface area contributed by atoms with Gasteiger partial charge in [-0.25, -0.2) is 15.0 Å². The van der Waals surface area contributed by atoms with Crippen LogP contribution in [0.2, 0.25) is 0 Å². The summed E-state index contributed by atoms with van der Waals surface area (Å²) in [7, 11) is 1.90. The Balaban J connectivity index is 1.80. The van der Waals surface area contributed by atoms with E-state index in [1.165, 1.54) is 6.42 Å². The van der Waals surface area contributed by atoms with E-state index in [9.17, 15) is 0 Å². The topological polar surface area (TPSA) is 58.9 Å². The predicted octanol–water partition coefficient (Wildman–Crippen LogP) is 2.77. The van der Waals surface area contributed by atoms with E-state index >= 15 is 0 Å². The molecule has 124 valence electrons. The average Bonchev–Trinajstić information content (AvgIpc) is 3.17. The standard InChI is InChI=1S/C17H26N6/c1-4-8-22-10-7-19-17(22)12-23-9-5-6-15(23)14-11-16(18-3)21-13(2)20-14/h7,10-11,15H,4-6,8-9,12H2,1-3H3,(H,18,20,21). The van der Waals surface area contributed by atoms with Gasteiger partial charge in [0.25, 0.3) is 0 Å². The summed E-state index contributed by atoms with van der Waals surface area (Å²) in [5.74, 6) is 2.87. The van der Waals surface area contributed by atoms with Gasteiger partial charge in [-0.3, -0.25) is 4.90 Å². The maximum Gasteiger partial charge on any atom is 0.129 e. The highest BCUT2D eigenvalue weighted by atomic mass is 15.2. The van der Waals surface area contributed by atoms with E-state index in [1.807, 2.05) is 20.2 Å². The zero-order valence-electron chi connectivity index (χ0n) is 14.3. The summed E-state index contributed by atoms with van der Waals surface area (Å²) in [5.41, 5.74) is 1.12. The molecule has 0 spiro atoms. The number of aromatic nitrogens is 4. The molecule has 0 bridgehead atoms. The van der Waals surface area contributed by atoms with Crippen molar-refractivity contribution in [3.63, 3.8) is 0 Å². The van der Waals surface area contributed by atoms with E-state index in [1.54, 1.807) is 0 Å². The van der Waals surface area contributed by atoms with Crippen LogP contribution in [0.1, 0.15) is 49.6 Å². The summed E-state index contributed by atoms with van der Waals surface area (Å²) >= 11 is 0. The highest BCUT2D eigenvalue weighted by Gasteiger charge is 2.28. The van der Waals surface area contributed by atoms with Crippen LogP contribution in [0.4, 0.5) is 5.82 Å². The molecule has 0 saturated carbocycles. The molecule has 0 radical (unpaired) electrons. The van der Waals surface area contributed by atoms with E-state index in [0.717, 1.165) is 55.6 Å². The van der Waals surface area contributed by atoms with Crippen LogP contribution in [-0.4, -0.2) is 38.0 Å². The second kappa shape index (κ2) is 7.08. The van der Waals surface area contributed by atoms with Crippen molar-refractivity contribution in [2.45, 2.75) is 52.2 Å². The van der Waals surface area contributed by atoms with E-state index in [2.05, 4.69) is 48.9 Å². The first-order valence-electron chi connectivity index (χ1n) is 8.48. The Hall–Kier alpha value is -1.95. The van der Waals surface area contributed by atoms with Gasteiger partial charge >= 0.3 is 0 Å². The number of nitrogens with one attached hydrogen (secondary N) is 1. The average molecular weight is 314 g/mol. The monoisotopic (exact) mass is 314 g/mol. The lowest BCUT2D eigenvalue weighted by atomic mass is 10.1. The Labute approximate surface area is 138 Å². The molecule has 1 unspecified atom stereocenters. The Morgan fingerprint density at radius 1 is 1.35 bits per heavy atom. The van der Waals surface area contributed by atoms with Gasteiger partial charge in [0.1, 0.15) is 17.5 Å². The van der Waals surface area contributed by atoms with Crippen LogP contribution in [0.5, 0.6) is 0 Å². The number of nitrogens with zero attached hydrogens (tertiary/aromatic N) is 5. The van der Waals surface area contributed by atoms with E-state index in [-0.39, 0.29) is 0 Å². The van der Waals surface area contributed by atoms with Gasteiger partial charge in [-0.1, -0.05) is 6.92 Å². The maximum atomic E-state index is 4.68. The molecule has 1 atom stereocenters. The SMILES string of the molecule is CCCn1ccnc1CN1CCCC1c1cc(NC)nc(C)n1. The number of aryl methyl sites for hydroxylation is 2. The first kappa shape index (κ1) is 15.9. The number of hydrogen-bond acceptors (Lipinski definition) is 5. The fourth-order valence-electron chi connectivity index (χ4n) is 3.36. The number of likely N-dealkylation sites (tertiary alicyclic amines) is 1. The minimum atomic E-state index is 0.357. The van der Waals surface area contributed by atoms with Crippen molar-refractivity contribution in [3.8, 4) is 0 Å². The second-order valence-electron chi connectivity index (χ2n) is 6.14. The molecule has 0 amide bonds. The summed E-state index contributed by atoms with van der Waals surface area (Å²) in [6.45, 7) is 7.17. The lowest BCUT2D eigenvalue weighted by molar-refractivity contribution is 0.234. The third-order valence-corrected chi connectivity index (χ3v) is 4.43. The van der Waals surface area contributed by atoms with E-state index in [0.29, 0.717) is 6.04 Å².